The Balaban J connectivity index is 1.51. The van der Waals surface area contributed by atoms with E-state index in [1.165, 1.54) is 11.3 Å². The molecule has 3 aromatic rings. The van der Waals surface area contributed by atoms with Crippen LogP contribution in [0.1, 0.15) is 36.1 Å². The van der Waals surface area contributed by atoms with Gasteiger partial charge in [0.25, 0.3) is 5.91 Å². The SMILES string of the molecule is Cc1nn(-c2ccccc2)c2sc(C(=O)O[C@H](C)C(=O)N3C[C@@H](C)O[C@H](C)C3)cc12. The number of nitrogens with zero attached hydrogens (tertiary/aromatic N) is 3. The summed E-state index contributed by atoms with van der Waals surface area (Å²) in [6.07, 6.45) is -0.925. The third-order valence-electron chi connectivity index (χ3n) is 5.11. The minimum Gasteiger partial charge on any atom is -0.448 e. The maximum Gasteiger partial charge on any atom is 0.349 e. The first-order chi connectivity index (χ1) is 14.3. The van der Waals surface area contributed by atoms with Gasteiger partial charge in [0, 0.05) is 18.5 Å². The van der Waals surface area contributed by atoms with E-state index in [2.05, 4.69) is 5.10 Å². The normalized spacial score (nSPS) is 20.3. The lowest BCUT2D eigenvalue weighted by atomic mass is 10.2. The number of hydrogen-bond acceptors (Lipinski definition) is 6. The molecule has 0 N–H and O–H groups in total. The van der Waals surface area contributed by atoms with E-state index in [4.69, 9.17) is 9.47 Å². The zero-order valence-corrected chi connectivity index (χ0v) is 18.3. The second-order valence-electron chi connectivity index (χ2n) is 7.71. The van der Waals surface area contributed by atoms with Gasteiger partial charge in [0.1, 0.15) is 9.71 Å². The summed E-state index contributed by atoms with van der Waals surface area (Å²) in [5.41, 5.74) is 1.76. The summed E-state index contributed by atoms with van der Waals surface area (Å²) in [4.78, 5) is 28.6. The number of fused-ring (bicyclic) bond motifs is 1. The molecular formula is C22H25N3O4S. The topological polar surface area (TPSA) is 73.7 Å². The van der Waals surface area contributed by atoms with Gasteiger partial charge in [-0.05, 0) is 45.9 Å². The summed E-state index contributed by atoms with van der Waals surface area (Å²) in [5.74, 6) is -0.691. The lowest BCUT2D eigenvalue weighted by Gasteiger charge is -2.36. The van der Waals surface area contributed by atoms with Crippen LogP contribution in [-0.4, -0.2) is 58.0 Å². The van der Waals surface area contributed by atoms with Gasteiger partial charge in [-0.3, -0.25) is 4.79 Å². The molecule has 0 spiro atoms. The quantitative estimate of drug-likeness (QED) is 0.595. The van der Waals surface area contributed by atoms with Crippen LogP contribution in [0.5, 0.6) is 0 Å². The molecular weight excluding hydrogens is 402 g/mol. The van der Waals surface area contributed by atoms with E-state index < -0.39 is 12.1 Å². The van der Waals surface area contributed by atoms with Gasteiger partial charge >= 0.3 is 5.97 Å². The van der Waals surface area contributed by atoms with Crippen molar-refractivity contribution in [1.82, 2.24) is 14.7 Å². The minimum atomic E-state index is -0.855. The number of carbonyl (C=O) groups is 2. The van der Waals surface area contributed by atoms with Crippen LogP contribution in [0.4, 0.5) is 0 Å². The van der Waals surface area contributed by atoms with E-state index in [9.17, 15) is 9.59 Å². The molecule has 158 valence electrons. The van der Waals surface area contributed by atoms with Gasteiger partial charge in [-0.25, -0.2) is 9.48 Å². The van der Waals surface area contributed by atoms with Crippen LogP contribution >= 0.6 is 11.3 Å². The van der Waals surface area contributed by atoms with E-state index in [0.29, 0.717) is 18.0 Å². The van der Waals surface area contributed by atoms with Crippen molar-refractivity contribution in [2.75, 3.05) is 13.1 Å². The Morgan fingerprint density at radius 3 is 2.53 bits per heavy atom. The zero-order valence-electron chi connectivity index (χ0n) is 17.5. The first-order valence-corrected chi connectivity index (χ1v) is 10.8. The second kappa shape index (κ2) is 8.20. The lowest BCUT2D eigenvalue weighted by molar-refractivity contribution is -0.151. The maximum absolute atomic E-state index is 12.8. The molecule has 1 aliphatic rings. The van der Waals surface area contributed by atoms with Gasteiger partial charge in [-0.2, -0.15) is 5.10 Å². The van der Waals surface area contributed by atoms with Crippen LogP contribution in [0.15, 0.2) is 36.4 Å². The van der Waals surface area contributed by atoms with E-state index in [1.54, 1.807) is 17.9 Å². The van der Waals surface area contributed by atoms with Crippen molar-refractivity contribution in [3.05, 3.63) is 47.0 Å². The predicted molar refractivity (Wildman–Crippen MR) is 115 cm³/mol. The number of aromatic nitrogens is 2. The summed E-state index contributed by atoms with van der Waals surface area (Å²) >= 11 is 1.32. The number of thiophene rings is 1. The van der Waals surface area contributed by atoms with Gasteiger partial charge in [0.15, 0.2) is 6.10 Å². The van der Waals surface area contributed by atoms with Gasteiger partial charge < -0.3 is 14.4 Å². The van der Waals surface area contributed by atoms with Crippen molar-refractivity contribution >= 4 is 33.4 Å². The number of para-hydroxylation sites is 1. The summed E-state index contributed by atoms with van der Waals surface area (Å²) in [6, 6.07) is 11.6. The zero-order chi connectivity index (χ0) is 21.4. The van der Waals surface area contributed by atoms with Crippen molar-refractivity contribution in [3.63, 3.8) is 0 Å². The van der Waals surface area contributed by atoms with Gasteiger partial charge in [0.05, 0.1) is 23.6 Å². The van der Waals surface area contributed by atoms with E-state index in [1.807, 2.05) is 55.8 Å². The van der Waals surface area contributed by atoms with Crippen LogP contribution in [0.25, 0.3) is 15.9 Å². The summed E-state index contributed by atoms with van der Waals surface area (Å²) in [6.45, 7) is 8.40. The van der Waals surface area contributed by atoms with Crippen molar-refractivity contribution < 1.29 is 19.1 Å². The van der Waals surface area contributed by atoms with Gasteiger partial charge in [-0.15, -0.1) is 11.3 Å². The number of rotatable bonds is 4. The highest BCUT2D eigenvalue weighted by Gasteiger charge is 2.31. The molecule has 1 fully saturated rings. The molecule has 0 saturated carbocycles. The number of hydrogen-bond donors (Lipinski definition) is 0. The third kappa shape index (κ3) is 3.97. The Morgan fingerprint density at radius 1 is 1.20 bits per heavy atom. The Kier molecular flexibility index (Phi) is 5.62. The molecule has 1 aliphatic heterocycles. The Bertz CT molecular complexity index is 1060. The smallest absolute Gasteiger partial charge is 0.349 e. The third-order valence-corrected chi connectivity index (χ3v) is 6.20. The van der Waals surface area contributed by atoms with Crippen LogP contribution in [0.3, 0.4) is 0 Å². The number of ether oxygens (including phenoxy) is 2. The second-order valence-corrected chi connectivity index (χ2v) is 8.74. The van der Waals surface area contributed by atoms with Crippen molar-refractivity contribution in [2.45, 2.75) is 46.0 Å². The maximum atomic E-state index is 12.8. The molecule has 4 rings (SSSR count). The van der Waals surface area contributed by atoms with E-state index in [-0.39, 0.29) is 18.1 Å². The summed E-state index contributed by atoms with van der Waals surface area (Å²) in [7, 11) is 0. The molecule has 0 bridgehead atoms. The highest BCUT2D eigenvalue weighted by molar-refractivity contribution is 7.20. The lowest BCUT2D eigenvalue weighted by Crippen LogP contribution is -2.51. The average molecular weight is 428 g/mol. The van der Waals surface area contributed by atoms with Crippen LogP contribution in [0.2, 0.25) is 0 Å². The standard InChI is InChI=1S/C22H25N3O4S/c1-13-11-24(12-14(2)28-13)20(26)16(4)29-22(27)19-10-18-15(3)23-25(21(18)30-19)17-8-6-5-7-9-17/h5-10,13-14,16H,11-12H2,1-4H3/t13-,14-,16-/m1/s1. The molecule has 7 nitrogen and oxygen atoms in total. The highest BCUT2D eigenvalue weighted by Crippen LogP contribution is 2.31. The molecule has 0 unspecified atom stereocenters. The van der Waals surface area contributed by atoms with Gasteiger partial charge in [0.2, 0.25) is 0 Å². The summed E-state index contributed by atoms with van der Waals surface area (Å²) < 4.78 is 13.0. The number of benzene rings is 1. The number of esters is 1. The number of carbonyl (C=O) groups excluding carboxylic acids is 2. The number of amides is 1. The Hall–Kier alpha value is -2.71. The minimum absolute atomic E-state index is 0.0351. The van der Waals surface area contributed by atoms with Crippen molar-refractivity contribution in [1.29, 1.82) is 0 Å². The monoisotopic (exact) mass is 427 g/mol. The van der Waals surface area contributed by atoms with Crippen LogP contribution in [-0.2, 0) is 14.3 Å². The Morgan fingerprint density at radius 2 is 1.87 bits per heavy atom. The molecule has 2 aromatic heterocycles. The van der Waals surface area contributed by atoms with E-state index in [0.717, 1.165) is 21.6 Å². The fourth-order valence-corrected chi connectivity index (χ4v) is 4.84. The molecule has 0 radical (unpaired) electrons. The number of aryl methyl sites for hydroxylation is 1. The van der Waals surface area contributed by atoms with Crippen LogP contribution < -0.4 is 0 Å². The number of morpholine rings is 1. The summed E-state index contributed by atoms with van der Waals surface area (Å²) in [5, 5.41) is 5.50. The van der Waals surface area contributed by atoms with Crippen molar-refractivity contribution in [3.8, 4) is 5.69 Å². The molecule has 8 heteroatoms. The fraction of sp³-hybridized carbons (Fsp3) is 0.409. The molecule has 30 heavy (non-hydrogen) atoms. The molecule has 0 aliphatic carbocycles. The predicted octanol–water partition coefficient (Wildman–Crippen LogP) is 3.58. The first-order valence-electron chi connectivity index (χ1n) is 10.0. The molecule has 1 saturated heterocycles. The first kappa shape index (κ1) is 20.6. The largest absolute Gasteiger partial charge is 0.448 e. The van der Waals surface area contributed by atoms with E-state index >= 15 is 0 Å². The van der Waals surface area contributed by atoms with Crippen LogP contribution in [0, 0.1) is 6.92 Å². The molecule has 3 heterocycles. The van der Waals surface area contributed by atoms with Crippen molar-refractivity contribution in [2.24, 2.45) is 0 Å². The van der Waals surface area contributed by atoms with Gasteiger partial charge in [-0.1, -0.05) is 18.2 Å². The Labute approximate surface area is 179 Å². The molecule has 1 aromatic carbocycles. The fourth-order valence-electron chi connectivity index (χ4n) is 3.78. The average Bonchev–Trinajstić information content (AvgIpc) is 3.28. The molecule has 3 atom stereocenters. The highest BCUT2D eigenvalue weighted by atomic mass is 32.1. The molecule has 1 amide bonds.